The molecule has 0 spiro atoms. The van der Waals surface area contributed by atoms with Crippen LogP contribution >= 0.6 is 11.6 Å². The van der Waals surface area contributed by atoms with Crippen LogP contribution in [0.3, 0.4) is 0 Å². The number of anilines is 1. The van der Waals surface area contributed by atoms with E-state index >= 15 is 0 Å². The minimum Gasteiger partial charge on any atom is -0.481 e. The van der Waals surface area contributed by atoms with Gasteiger partial charge in [0.25, 0.3) is 0 Å². The number of piperidine rings is 2. The minimum atomic E-state index is -0.657. The van der Waals surface area contributed by atoms with Crippen molar-refractivity contribution in [3.63, 3.8) is 0 Å². The van der Waals surface area contributed by atoms with Crippen LogP contribution in [0.15, 0.2) is 6.20 Å². The van der Waals surface area contributed by atoms with Gasteiger partial charge in [0.1, 0.15) is 10.8 Å². The van der Waals surface area contributed by atoms with Gasteiger partial charge >= 0.3 is 5.97 Å². The fraction of sp³-hybridized carbons (Fsp3) is 0.688. The van der Waals surface area contributed by atoms with E-state index in [2.05, 4.69) is 19.8 Å². The van der Waals surface area contributed by atoms with Crippen molar-refractivity contribution >= 4 is 23.4 Å². The van der Waals surface area contributed by atoms with Gasteiger partial charge in [-0.05, 0) is 39.2 Å². The molecular formula is C16H23ClN4O2. The molecule has 1 aromatic heterocycles. The van der Waals surface area contributed by atoms with Crippen LogP contribution in [0.4, 0.5) is 5.82 Å². The maximum Gasteiger partial charge on any atom is 0.307 e. The van der Waals surface area contributed by atoms with E-state index in [1.807, 2.05) is 6.92 Å². The molecule has 0 aromatic carbocycles. The van der Waals surface area contributed by atoms with Gasteiger partial charge in [-0.15, -0.1) is 0 Å². The molecule has 3 rings (SSSR count). The predicted octanol–water partition coefficient (Wildman–Crippen LogP) is 2.20. The van der Waals surface area contributed by atoms with Crippen molar-refractivity contribution in [1.29, 1.82) is 0 Å². The largest absolute Gasteiger partial charge is 0.481 e. The summed E-state index contributed by atoms with van der Waals surface area (Å²) in [6.45, 7) is 5.37. The number of rotatable bonds is 3. The molecule has 0 saturated carbocycles. The summed E-state index contributed by atoms with van der Waals surface area (Å²) in [6.07, 6.45) is 5.49. The summed E-state index contributed by atoms with van der Waals surface area (Å²) >= 11 is 6.23. The second kappa shape index (κ2) is 7.01. The Hall–Kier alpha value is -1.40. The van der Waals surface area contributed by atoms with E-state index in [-0.39, 0.29) is 5.92 Å². The van der Waals surface area contributed by atoms with Crippen molar-refractivity contribution in [3.05, 3.63) is 17.0 Å². The Morgan fingerprint density at radius 1 is 1.30 bits per heavy atom. The lowest BCUT2D eigenvalue weighted by atomic mass is 9.94. The molecule has 0 aliphatic carbocycles. The number of carbonyl (C=O) groups is 1. The van der Waals surface area contributed by atoms with E-state index in [0.717, 1.165) is 57.0 Å². The number of hydrogen-bond donors (Lipinski definition) is 1. The number of halogens is 1. The molecule has 1 atom stereocenters. The number of nitrogens with zero attached hydrogens (tertiary/aromatic N) is 4. The Balaban J connectivity index is 1.60. The first-order valence-corrected chi connectivity index (χ1v) is 8.63. The highest BCUT2D eigenvalue weighted by molar-refractivity contribution is 6.32. The fourth-order valence-electron chi connectivity index (χ4n) is 3.65. The SMILES string of the molecule is Cc1ncc(Cl)c(N2CCC(N3CCCC(C(=O)O)C3)CC2)n1. The lowest BCUT2D eigenvalue weighted by molar-refractivity contribution is -0.144. The molecular weight excluding hydrogens is 316 g/mol. The van der Waals surface area contributed by atoms with E-state index in [9.17, 15) is 9.90 Å². The van der Waals surface area contributed by atoms with Gasteiger partial charge in [0.05, 0.1) is 12.1 Å². The van der Waals surface area contributed by atoms with E-state index < -0.39 is 5.97 Å². The molecule has 2 saturated heterocycles. The molecule has 3 heterocycles. The van der Waals surface area contributed by atoms with Gasteiger partial charge in [-0.3, -0.25) is 9.69 Å². The van der Waals surface area contributed by atoms with Gasteiger partial charge in [-0.1, -0.05) is 11.6 Å². The molecule has 1 N–H and O–H groups in total. The monoisotopic (exact) mass is 338 g/mol. The van der Waals surface area contributed by atoms with E-state index in [1.165, 1.54) is 0 Å². The van der Waals surface area contributed by atoms with Crippen LogP contribution in [-0.2, 0) is 4.79 Å². The van der Waals surface area contributed by atoms with Crippen LogP contribution in [0.1, 0.15) is 31.5 Å². The molecule has 1 aromatic rings. The zero-order valence-corrected chi connectivity index (χ0v) is 14.2. The third-order valence-electron chi connectivity index (χ3n) is 4.93. The highest BCUT2D eigenvalue weighted by atomic mass is 35.5. The van der Waals surface area contributed by atoms with E-state index in [4.69, 9.17) is 11.6 Å². The first-order chi connectivity index (χ1) is 11.0. The Labute approximate surface area is 141 Å². The maximum absolute atomic E-state index is 11.2. The number of carboxylic acid groups (broad SMARTS) is 1. The lowest BCUT2D eigenvalue weighted by Crippen LogP contribution is -2.49. The highest BCUT2D eigenvalue weighted by Crippen LogP contribution is 2.28. The van der Waals surface area contributed by atoms with Gasteiger partial charge in [0.15, 0.2) is 5.82 Å². The quantitative estimate of drug-likeness (QED) is 0.911. The second-order valence-electron chi connectivity index (χ2n) is 6.48. The van der Waals surface area contributed by atoms with Gasteiger partial charge in [-0.25, -0.2) is 9.97 Å². The van der Waals surface area contributed by atoms with Crippen molar-refractivity contribution < 1.29 is 9.90 Å². The molecule has 23 heavy (non-hydrogen) atoms. The van der Waals surface area contributed by atoms with Crippen LogP contribution in [0.5, 0.6) is 0 Å². The summed E-state index contributed by atoms with van der Waals surface area (Å²) in [7, 11) is 0. The average molecular weight is 339 g/mol. The molecule has 0 amide bonds. The van der Waals surface area contributed by atoms with E-state index in [0.29, 0.717) is 17.6 Å². The zero-order valence-electron chi connectivity index (χ0n) is 13.4. The van der Waals surface area contributed by atoms with Crippen molar-refractivity contribution in [3.8, 4) is 0 Å². The number of carboxylic acids is 1. The Bertz CT molecular complexity index is 575. The third-order valence-corrected chi connectivity index (χ3v) is 5.20. The number of aromatic nitrogens is 2. The molecule has 6 nitrogen and oxygen atoms in total. The fourth-order valence-corrected chi connectivity index (χ4v) is 3.86. The number of aliphatic carboxylic acids is 1. The minimum absolute atomic E-state index is 0.208. The molecule has 2 aliphatic rings. The molecule has 0 bridgehead atoms. The van der Waals surface area contributed by atoms with Crippen molar-refractivity contribution in [1.82, 2.24) is 14.9 Å². The standard InChI is InChI=1S/C16H23ClN4O2/c1-11-18-9-14(17)15(19-11)20-7-4-13(5-8-20)21-6-2-3-12(10-21)16(22)23/h9,12-13H,2-8,10H2,1H3,(H,22,23). The third kappa shape index (κ3) is 3.75. The Morgan fingerprint density at radius 2 is 2.04 bits per heavy atom. The van der Waals surface area contributed by atoms with Crippen molar-refractivity contribution in [2.45, 2.75) is 38.6 Å². The number of aryl methyl sites for hydroxylation is 1. The van der Waals surface area contributed by atoms with Gasteiger partial charge in [0, 0.05) is 25.7 Å². The Kier molecular flexibility index (Phi) is 5.02. The van der Waals surface area contributed by atoms with Crippen LogP contribution in [-0.4, -0.2) is 58.2 Å². The topological polar surface area (TPSA) is 69.6 Å². The number of hydrogen-bond acceptors (Lipinski definition) is 5. The highest BCUT2D eigenvalue weighted by Gasteiger charge is 2.32. The molecule has 2 fully saturated rings. The Morgan fingerprint density at radius 3 is 2.74 bits per heavy atom. The summed E-state index contributed by atoms with van der Waals surface area (Å²) in [5.41, 5.74) is 0. The van der Waals surface area contributed by atoms with Crippen molar-refractivity contribution in [2.24, 2.45) is 5.92 Å². The summed E-state index contributed by atoms with van der Waals surface area (Å²) in [5.74, 6) is 0.683. The zero-order chi connectivity index (χ0) is 16.4. The predicted molar refractivity (Wildman–Crippen MR) is 88.9 cm³/mol. The first-order valence-electron chi connectivity index (χ1n) is 8.25. The lowest BCUT2D eigenvalue weighted by Gasteiger charge is -2.42. The van der Waals surface area contributed by atoms with E-state index in [1.54, 1.807) is 6.20 Å². The van der Waals surface area contributed by atoms with Crippen molar-refractivity contribution in [2.75, 3.05) is 31.1 Å². The van der Waals surface area contributed by atoms with Crippen LogP contribution in [0.25, 0.3) is 0 Å². The van der Waals surface area contributed by atoms with Crippen LogP contribution < -0.4 is 4.90 Å². The van der Waals surface area contributed by atoms with Gasteiger partial charge < -0.3 is 10.0 Å². The molecule has 1 unspecified atom stereocenters. The second-order valence-corrected chi connectivity index (χ2v) is 6.89. The summed E-state index contributed by atoms with van der Waals surface area (Å²) < 4.78 is 0. The van der Waals surface area contributed by atoms with Gasteiger partial charge in [-0.2, -0.15) is 0 Å². The summed E-state index contributed by atoms with van der Waals surface area (Å²) in [4.78, 5) is 24.4. The molecule has 2 aliphatic heterocycles. The smallest absolute Gasteiger partial charge is 0.307 e. The first kappa shape index (κ1) is 16.5. The van der Waals surface area contributed by atoms with Crippen LogP contribution in [0, 0.1) is 12.8 Å². The normalized spacial score (nSPS) is 23.9. The van der Waals surface area contributed by atoms with Crippen LogP contribution in [0.2, 0.25) is 5.02 Å². The molecule has 0 radical (unpaired) electrons. The summed E-state index contributed by atoms with van der Waals surface area (Å²) in [5, 5.41) is 9.83. The summed E-state index contributed by atoms with van der Waals surface area (Å²) in [6, 6.07) is 0.468. The average Bonchev–Trinajstić information content (AvgIpc) is 2.57. The number of likely N-dealkylation sites (tertiary alicyclic amines) is 1. The molecule has 7 heteroatoms. The van der Waals surface area contributed by atoms with Gasteiger partial charge in [0.2, 0.25) is 0 Å². The molecule has 126 valence electrons. The maximum atomic E-state index is 11.2.